The molecule has 2 aromatic rings. The molecule has 0 amide bonds. The lowest BCUT2D eigenvalue weighted by atomic mass is 9.74. The van der Waals surface area contributed by atoms with Gasteiger partial charge in [-0.1, -0.05) is 12.1 Å². The van der Waals surface area contributed by atoms with Gasteiger partial charge in [0.2, 0.25) is 6.79 Å². The second kappa shape index (κ2) is 11.2. The number of hydrogen-bond donors (Lipinski definition) is 2. The number of aliphatic imine (C=N–C) groups is 1. The summed E-state index contributed by atoms with van der Waals surface area (Å²) < 4.78 is 16.8. The minimum absolute atomic E-state index is 0. The Morgan fingerprint density at radius 1 is 1.13 bits per heavy atom. The molecule has 1 aromatic carbocycles. The Labute approximate surface area is 199 Å². The maximum atomic E-state index is 5.66. The highest BCUT2D eigenvalue weighted by Crippen LogP contribution is 2.41. The molecule has 0 bridgehead atoms. The maximum absolute atomic E-state index is 5.66. The van der Waals surface area contributed by atoms with Crippen LogP contribution in [-0.2, 0) is 16.6 Å². The lowest BCUT2D eigenvalue weighted by Crippen LogP contribution is -2.41. The summed E-state index contributed by atoms with van der Waals surface area (Å²) in [6, 6.07) is 10.6. The van der Waals surface area contributed by atoms with Gasteiger partial charge in [0, 0.05) is 36.6 Å². The summed E-state index contributed by atoms with van der Waals surface area (Å²) in [4.78, 5) is 6.35. The zero-order valence-electron chi connectivity index (χ0n) is 17.3. The minimum atomic E-state index is -0.0463. The molecular formula is C22H30IN3O3S. The Hall–Kier alpha value is -1.52. The number of hydrogen-bond acceptors (Lipinski definition) is 5. The molecule has 1 saturated heterocycles. The summed E-state index contributed by atoms with van der Waals surface area (Å²) in [5, 5.41) is 8.98. The summed E-state index contributed by atoms with van der Waals surface area (Å²) in [5.74, 6) is 2.53. The third-order valence-corrected chi connectivity index (χ3v) is 6.50. The van der Waals surface area contributed by atoms with Crippen molar-refractivity contribution in [3.05, 3.63) is 46.2 Å². The van der Waals surface area contributed by atoms with E-state index in [0.29, 0.717) is 13.3 Å². The van der Waals surface area contributed by atoms with E-state index in [1.54, 1.807) is 11.3 Å². The molecule has 1 fully saturated rings. The van der Waals surface area contributed by atoms with Crippen LogP contribution in [0.3, 0.4) is 0 Å². The first-order valence-electron chi connectivity index (χ1n) is 10.3. The van der Waals surface area contributed by atoms with E-state index in [-0.39, 0.29) is 29.4 Å². The van der Waals surface area contributed by atoms with Crippen LogP contribution in [-0.4, -0.2) is 45.6 Å². The summed E-state index contributed by atoms with van der Waals surface area (Å²) in [5.41, 5.74) is 1.21. The van der Waals surface area contributed by atoms with Gasteiger partial charge in [0.15, 0.2) is 17.5 Å². The molecule has 2 aliphatic rings. The smallest absolute Gasteiger partial charge is 0.231 e. The van der Waals surface area contributed by atoms with Crippen molar-refractivity contribution >= 4 is 41.3 Å². The van der Waals surface area contributed by atoms with Crippen molar-refractivity contribution in [1.29, 1.82) is 0 Å². The van der Waals surface area contributed by atoms with E-state index in [4.69, 9.17) is 19.2 Å². The average Bonchev–Trinajstić information content (AvgIpc) is 3.44. The molecule has 2 N–H and O–H groups in total. The van der Waals surface area contributed by atoms with Crippen molar-refractivity contribution in [2.75, 3.05) is 39.6 Å². The number of fused-ring (bicyclic) bond motifs is 1. The number of halogens is 1. The largest absolute Gasteiger partial charge is 0.454 e. The molecular weight excluding hydrogens is 513 g/mol. The van der Waals surface area contributed by atoms with Crippen LogP contribution in [0, 0.1) is 0 Å². The van der Waals surface area contributed by atoms with E-state index in [1.165, 1.54) is 10.4 Å². The van der Waals surface area contributed by atoms with Crippen molar-refractivity contribution in [1.82, 2.24) is 10.6 Å². The number of nitrogens with one attached hydrogen (secondary N) is 2. The SMILES string of the molecule is CCNC(=NCC1(c2ccc3c(c2)OCO3)CCOCC1)NCCc1cccs1.I. The summed E-state index contributed by atoms with van der Waals surface area (Å²) in [7, 11) is 0. The zero-order valence-corrected chi connectivity index (χ0v) is 20.5. The van der Waals surface area contributed by atoms with Gasteiger partial charge in [-0.3, -0.25) is 4.99 Å². The van der Waals surface area contributed by atoms with Gasteiger partial charge in [0.1, 0.15) is 0 Å². The van der Waals surface area contributed by atoms with Crippen LogP contribution < -0.4 is 20.1 Å². The van der Waals surface area contributed by atoms with Crippen LogP contribution in [0.4, 0.5) is 0 Å². The molecule has 30 heavy (non-hydrogen) atoms. The lowest BCUT2D eigenvalue weighted by molar-refractivity contribution is 0.0530. The lowest BCUT2D eigenvalue weighted by Gasteiger charge is -2.36. The van der Waals surface area contributed by atoms with Crippen LogP contribution in [0.1, 0.15) is 30.2 Å². The fourth-order valence-electron chi connectivity index (χ4n) is 3.86. The highest BCUT2D eigenvalue weighted by atomic mass is 127. The van der Waals surface area contributed by atoms with Gasteiger partial charge in [-0.15, -0.1) is 35.3 Å². The van der Waals surface area contributed by atoms with Crippen LogP contribution in [0.2, 0.25) is 0 Å². The molecule has 1 aromatic heterocycles. The molecule has 2 aliphatic heterocycles. The van der Waals surface area contributed by atoms with Gasteiger partial charge >= 0.3 is 0 Å². The van der Waals surface area contributed by atoms with Gasteiger partial charge in [0.25, 0.3) is 0 Å². The number of benzene rings is 1. The third-order valence-electron chi connectivity index (χ3n) is 5.56. The number of ether oxygens (including phenoxy) is 3. The van der Waals surface area contributed by atoms with Crippen molar-refractivity contribution in [2.45, 2.75) is 31.6 Å². The first-order chi connectivity index (χ1) is 14.3. The van der Waals surface area contributed by atoms with Crippen LogP contribution in [0.25, 0.3) is 0 Å². The van der Waals surface area contributed by atoms with Gasteiger partial charge in [-0.2, -0.15) is 0 Å². The van der Waals surface area contributed by atoms with Crippen molar-refractivity contribution in [2.24, 2.45) is 4.99 Å². The van der Waals surface area contributed by atoms with Crippen LogP contribution in [0.15, 0.2) is 40.7 Å². The second-order valence-electron chi connectivity index (χ2n) is 7.41. The molecule has 6 nitrogen and oxygen atoms in total. The van der Waals surface area contributed by atoms with E-state index in [9.17, 15) is 0 Å². The Balaban J connectivity index is 0.00000256. The van der Waals surface area contributed by atoms with E-state index < -0.39 is 0 Å². The topological polar surface area (TPSA) is 64.1 Å². The quantitative estimate of drug-likeness (QED) is 0.315. The molecule has 0 radical (unpaired) electrons. The van der Waals surface area contributed by atoms with Gasteiger partial charge in [-0.25, -0.2) is 0 Å². The standard InChI is InChI=1S/C22H29N3O3S.HI/c1-2-23-21(24-10-7-18-4-3-13-29-18)25-15-22(8-11-26-12-9-22)17-5-6-19-20(14-17)28-16-27-19;/h3-6,13-14H,2,7-12,15-16H2,1H3,(H2,23,24,25);1H. The van der Waals surface area contributed by atoms with E-state index >= 15 is 0 Å². The molecule has 0 saturated carbocycles. The average molecular weight is 543 g/mol. The number of thiophene rings is 1. The maximum Gasteiger partial charge on any atom is 0.231 e. The first kappa shape index (κ1) is 23.1. The molecule has 4 rings (SSSR count). The Morgan fingerprint density at radius 3 is 2.73 bits per heavy atom. The fourth-order valence-corrected chi connectivity index (χ4v) is 4.57. The number of rotatable bonds is 7. The second-order valence-corrected chi connectivity index (χ2v) is 8.44. The van der Waals surface area contributed by atoms with Crippen LogP contribution >= 0.6 is 35.3 Å². The Kier molecular flexibility index (Phi) is 8.64. The van der Waals surface area contributed by atoms with Gasteiger partial charge in [-0.05, 0) is 55.3 Å². The predicted octanol–water partition coefficient (Wildman–Crippen LogP) is 3.94. The fraction of sp³-hybridized carbons (Fsp3) is 0.500. The molecule has 164 valence electrons. The predicted molar refractivity (Wildman–Crippen MR) is 132 cm³/mol. The molecule has 3 heterocycles. The van der Waals surface area contributed by atoms with Crippen molar-refractivity contribution in [3.8, 4) is 11.5 Å². The number of guanidine groups is 1. The first-order valence-corrected chi connectivity index (χ1v) is 11.2. The summed E-state index contributed by atoms with van der Waals surface area (Å²) in [6.07, 6.45) is 2.90. The van der Waals surface area contributed by atoms with Crippen LogP contribution in [0.5, 0.6) is 11.5 Å². The van der Waals surface area contributed by atoms with Crippen molar-refractivity contribution in [3.63, 3.8) is 0 Å². The highest BCUT2D eigenvalue weighted by Gasteiger charge is 2.35. The van der Waals surface area contributed by atoms with E-state index in [2.05, 4.69) is 47.2 Å². The normalized spacial score (nSPS) is 17.3. The van der Waals surface area contributed by atoms with Gasteiger partial charge < -0.3 is 24.8 Å². The van der Waals surface area contributed by atoms with Gasteiger partial charge in [0.05, 0.1) is 6.54 Å². The van der Waals surface area contributed by atoms with E-state index in [1.807, 2.05) is 6.07 Å². The third kappa shape index (κ3) is 5.59. The summed E-state index contributed by atoms with van der Waals surface area (Å²) in [6.45, 7) is 6.32. The molecule has 0 unspecified atom stereocenters. The molecule has 0 aliphatic carbocycles. The molecule has 8 heteroatoms. The van der Waals surface area contributed by atoms with Crippen molar-refractivity contribution < 1.29 is 14.2 Å². The zero-order chi connectivity index (χ0) is 19.9. The highest BCUT2D eigenvalue weighted by molar-refractivity contribution is 14.0. The minimum Gasteiger partial charge on any atom is -0.454 e. The Morgan fingerprint density at radius 2 is 1.97 bits per heavy atom. The summed E-state index contributed by atoms with van der Waals surface area (Å²) >= 11 is 1.79. The molecule has 0 spiro atoms. The van der Waals surface area contributed by atoms with E-state index in [0.717, 1.165) is 63.0 Å². The molecule has 0 atom stereocenters. The Bertz CT molecular complexity index is 823. The monoisotopic (exact) mass is 543 g/mol. The number of nitrogens with zero attached hydrogens (tertiary/aromatic N) is 1.